The number of nitrogens with zero attached hydrogens (tertiary/aromatic N) is 1. The second kappa shape index (κ2) is 6.20. The SMILES string of the molecule is CC1N=C(c2c(F)cccc2F)c2c(sc3c2COCCO3)NC1=O. The Bertz CT molecular complexity index is 874. The molecule has 0 bridgehead atoms. The Kier molecular flexibility index (Phi) is 4.01. The molecule has 25 heavy (non-hydrogen) atoms. The van der Waals surface area contributed by atoms with E-state index in [1.54, 1.807) is 6.92 Å². The third-order valence-corrected chi connectivity index (χ3v) is 5.11. The maximum absolute atomic E-state index is 14.4. The number of hydrogen-bond acceptors (Lipinski definition) is 5. The molecule has 1 N–H and O–H groups in total. The smallest absolute Gasteiger partial charge is 0.249 e. The number of anilines is 1. The van der Waals surface area contributed by atoms with Crippen LogP contribution < -0.4 is 10.1 Å². The first-order valence-corrected chi connectivity index (χ1v) is 8.57. The maximum atomic E-state index is 14.4. The van der Waals surface area contributed by atoms with Crippen LogP contribution in [-0.4, -0.2) is 30.9 Å². The van der Waals surface area contributed by atoms with Crippen molar-refractivity contribution < 1.29 is 23.0 Å². The quantitative estimate of drug-likeness (QED) is 0.846. The number of carbonyl (C=O) groups is 1. The summed E-state index contributed by atoms with van der Waals surface area (Å²) < 4.78 is 40.0. The second-order valence-electron chi connectivity index (χ2n) is 5.71. The molecule has 1 atom stereocenters. The van der Waals surface area contributed by atoms with E-state index in [0.29, 0.717) is 34.4 Å². The van der Waals surface area contributed by atoms with Crippen molar-refractivity contribution in [1.29, 1.82) is 0 Å². The van der Waals surface area contributed by atoms with Crippen molar-refractivity contribution in [1.82, 2.24) is 0 Å². The number of fused-ring (bicyclic) bond motifs is 3. The van der Waals surface area contributed by atoms with Crippen molar-refractivity contribution in [2.45, 2.75) is 19.6 Å². The third-order valence-electron chi connectivity index (χ3n) is 4.05. The lowest BCUT2D eigenvalue weighted by atomic mass is 9.99. The molecule has 0 aliphatic carbocycles. The molecule has 4 rings (SSSR count). The van der Waals surface area contributed by atoms with Gasteiger partial charge in [0.05, 0.1) is 24.5 Å². The highest BCUT2D eigenvalue weighted by Gasteiger charge is 2.33. The van der Waals surface area contributed by atoms with Crippen LogP contribution >= 0.6 is 11.3 Å². The number of halogens is 2. The molecule has 1 aromatic heterocycles. The first-order valence-electron chi connectivity index (χ1n) is 7.76. The highest BCUT2D eigenvalue weighted by molar-refractivity contribution is 7.18. The van der Waals surface area contributed by atoms with Crippen LogP contribution in [0.15, 0.2) is 23.2 Å². The molecule has 1 amide bonds. The van der Waals surface area contributed by atoms with E-state index >= 15 is 0 Å². The first kappa shape index (κ1) is 16.2. The first-order chi connectivity index (χ1) is 12.1. The van der Waals surface area contributed by atoms with E-state index in [0.717, 1.165) is 0 Å². The van der Waals surface area contributed by atoms with Gasteiger partial charge in [0.2, 0.25) is 5.91 Å². The topological polar surface area (TPSA) is 59.9 Å². The fourth-order valence-corrected chi connectivity index (χ4v) is 3.93. The summed E-state index contributed by atoms with van der Waals surface area (Å²) in [6, 6.07) is 2.85. The van der Waals surface area contributed by atoms with Crippen molar-refractivity contribution in [3.63, 3.8) is 0 Å². The highest BCUT2D eigenvalue weighted by atomic mass is 32.1. The lowest BCUT2D eigenvalue weighted by Gasteiger charge is -2.11. The van der Waals surface area contributed by atoms with E-state index in [2.05, 4.69) is 10.3 Å². The summed E-state index contributed by atoms with van der Waals surface area (Å²) in [6.07, 6.45) is 0. The van der Waals surface area contributed by atoms with Crippen LogP contribution in [0.4, 0.5) is 13.8 Å². The molecule has 0 saturated carbocycles. The molecule has 0 saturated heterocycles. The largest absolute Gasteiger partial charge is 0.481 e. The average molecular weight is 364 g/mol. The normalized spacial score (nSPS) is 19.7. The monoisotopic (exact) mass is 364 g/mol. The van der Waals surface area contributed by atoms with Gasteiger partial charge in [-0.25, -0.2) is 8.78 Å². The maximum Gasteiger partial charge on any atom is 0.249 e. The van der Waals surface area contributed by atoms with Crippen molar-refractivity contribution in [3.8, 4) is 5.06 Å². The Morgan fingerprint density at radius 3 is 2.76 bits per heavy atom. The summed E-state index contributed by atoms with van der Waals surface area (Å²) in [5, 5.41) is 3.81. The lowest BCUT2D eigenvalue weighted by molar-refractivity contribution is -0.116. The van der Waals surface area contributed by atoms with E-state index in [1.165, 1.54) is 29.5 Å². The van der Waals surface area contributed by atoms with Crippen LogP contribution in [0.25, 0.3) is 0 Å². The second-order valence-corrected chi connectivity index (χ2v) is 6.70. The van der Waals surface area contributed by atoms with Crippen molar-refractivity contribution in [2.24, 2.45) is 4.99 Å². The van der Waals surface area contributed by atoms with Gasteiger partial charge in [0.25, 0.3) is 0 Å². The average Bonchev–Trinajstić information content (AvgIpc) is 2.70. The van der Waals surface area contributed by atoms with Gasteiger partial charge in [-0.1, -0.05) is 17.4 Å². The number of ether oxygens (including phenoxy) is 2. The molecule has 1 aromatic carbocycles. The molecule has 130 valence electrons. The van der Waals surface area contributed by atoms with E-state index in [1.807, 2.05) is 0 Å². The predicted molar refractivity (Wildman–Crippen MR) is 89.6 cm³/mol. The zero-order chi connectivity index (χ0) is 17.6. The zero-order valence-electron chi connectivity index (χ0n) is 13.3. The van der Waals surface area contributed by atoms with Gasteiger partial charge in [0.15, 0.2) is 5.06 Å². The Morgan fingerprint density at radius 2 is 2.00 bits per heavy atom. The molecule has 5 nitrogen and oxygen atoms in total. The van der Waals surface area contributed by atoms with E-state index in [9.17, 15) is 13.6 Å². The van der Waals surface area contributed by atoms with E-state index < -0.39 is 17.7 Å². The van der Waals surface area contributed by atoms with Gasteiger partial charge < -0.3 is 14.8 Å². The van der Waals surface area contributed by atoms with Crippen LogP contribution in [0.2, 0.25) is 0 Å². The predicted octanol–water partition coefficient (Wildman–Crippen LogP) is 3.11. The van der Waals surface area contributed by atoms with Crippen LogP contribution in [-0.2, 0) is 16.1 Å². The number of nitrogens with one attached hydrogen (secondary N) is 1. The number of hydrogen-bond donors (Lipinski definition) is 1. The van der Waals surface area contributed by atoms with Gasteiger partial charge in [-0.15, -0.1) is 0 Å². The number of aliphatic imine (C=N–C) groups is 1. The molecule has 3 heterocycles. The zero-order valence-corrected chi connectivity index (χ0v) is 14.1. The molecule has 2 aliphatic rings. The number of amides is 1. The molecular formula is C17H14F2N2O3S. The van der Waals surface area contributed by atoms with Crippen LogP contribution in [0.5, 0.6) is 5.06 Å². The highest BCUT2D eigenvalue weighted by Crippen LogP contribution is 2.43. The molecule has 1 unspecified atom stereocenters. The molecule has 0 spiro atoms. The number of thiophene rings is 1. The van der Waals surface area contributed by atoms with Gasteiger partial charge in [0.1, 0.15) is 29.3 Å². The van der Waals surface area contributed by atoms with Crippen molar-refractivity contribution >= 4 is 28.0 Å². The summed E-state index contributed by atoms with van der Waals surface area (Å²) in [5.41, 5.74) is 0.955. The Labute approximate surface area is 146 Å². The summed E-state index contributed by atoms with van der Waals surface area (Å²) >= 11 is 1.22. The van der Waals surface area contributed by atoms with Gasteiger partial charge in [-0.2, -0.15) is 0 Å². The molecule has 0 fully saturated rings. The minimum Gasteiger partial charge on any atom is -0.481 e. The van der Waals surface area contributed by atoms with E-state index in [4.69, 9.17) is 9.47 Å². The van der Waals surface area contributed by atoms with Gasteiger partial charge in [-0.3, -0.25) is 9.79 Å². The van der Waals surface area contributed by atoms with Crippen LogP contribution in [0.3, 0.4) is 0 Å². The fourth-order valence-electron chi connectivity index (χ4n) is 2.84. The summed E-state index contributed by atoms with van der Waals surface area (Å²) in [7, 11) is 0. The summed E-state index contributed by atoms with van der Waals surface area (Å²) in [6.45, 7) is 2.59. The van der Waals surface area contributed by atoms with Crippen molar-refractivity contribution in [3.05, 3.63) is 46.5 Å². The molecule has 8 heteroatoms. The molecule has 2 aromatic rings. The number of rotatable bonds is 1. The van der Waals surface area contributed by atoms with Crippen LogP contribution in [0, 0.1) is 11.6 Å². The summed E-state index contributed by atoms with van der Waals surface area (Å²) in [4.78, 5) is 16.6. The van der Waals surface area contributed by atoms with E-state index in [-0.39, 0.29) is 23.8 Å². The number of carbonyl (C=O) groups excluding carboxylic acids is 1. The molecule has 0 radical (unpaired) electrons. The van der Waals surface area contributed by atoms with Gasteiger partial charge in [0, 0.05) is 11.1 Å². The molecule has 2 aliphatic heterocycles. The van der Waals surface area contributed by atoms with Gasteiger partial charge >= 0.3 is 0 Å². The lowest BCUT2D eigenvalue weighted by Crippen LogP contribution is -2.22. The minimum absolute atomic E-state index is 0.100. The Balaban J connectivity index is 1.99. The third kappa shape index (κ3) is 2.71. The van der Waals surface area contributed by atoms with Crippen LogP contribution in [0.1, 0.15) is 23.6 Å². The fraction of sp³-hybridized carbons (Fsp3) is 0.294. The van der Waals surface area contributed by atoms with Crippen molar-refractivity contribution in [2.75, 3.05) is 18.5 Å². The molecular weight excluding hydrogens is 350 g/mol. The number of benzene rings is 1. The Morgan fingerprint density at radius 1 is 1.24 bits per heavy atom. The standard InChI is InChI=1S/C17H14F2N2O3S/c1-8-15(22)21-16-12(9-7-23-5-6-24-17(9)25-16)14(20-8)13-10(18)3-2-4-11(13)19/h2-4,8H,5-7H2,1H3,(H,21,22). The summed E-state index contributed by atoms with van der Waals surface area (Å²) in [5.74, 6) is -1.81. The minimum atomic E-state index is -0.781. The van der Waals surface area contributed by atoms with Gasteiger partial charge in [-0.05, 0) is 19.1 Å². The Hall–Kier alpha value is -2.32.